The van der Waals surface area contributed by atoms with Gasteiger partial charge >= 0.3 is 0 Å². The zero-order valence-electron chi connectivity index (χ0n) is 23.0. The van der Waals surface area contributed by atoms with Crippen molar-refractivity contribution in [3.63, 3.8) is 0 Å². The summed E-state index contributed by atoms with van der Waals surface area (Å²) in [5, 5.41) is 5.44. The summed E-state index contributed by atoms with van der Waals surface area (Å²) in [5.74, 6) is 1.34. The lowest BCUT2D eigenvalue weighted by Crippen LogP contribution is -2.30. The topological polar surface area (TPSA) is 112 Å². The predicted octanol–water partition coefficient (Wildman–Crippen LogP) is 5.25. The third-order valence-corrected chi connectivity index (χ3v) is 7.02. The van der Waals surface area contributed by atoms with Gasteiger partial charge in [-0.3, -0.25) is 14.4 Å². The Hall–Kier alpha value is -4.11. The number of aromatic nitrogens is 3. The number of hydroxylamine groups is 2. The molecule has 2 aromatic heterocycles. The van der Waals surface area contributed by atoms with Gasteiger partial charge in [0.25, 0.3) is 0 Å². The molecule has 4 aromatic rings. The molecule has 0 bridgehead atoms. The molecule has 9 heteroatoms. The molecule has 1 atom stereocenters. The minimum Gasteiger partial charge on any atom is -0.497 e. The Bertz CT molecular complexity index is 1400. The van der Waals surface area contributed by atoms with E-state index in [-0.39, 0.29) is 24.3 Å². The number of hydrogen-bond acceptors (Lipinski definition) is 5. The average molecular weight is 532 g/mol. The van der Waals surface area contributed by atoms with E-state index in [1.807, 2.05) is 55.5 Å². The number of nitrogens with zero attached hydrogens (tertiary/aromatic N) is 2. The molecule has 0 saturated heterocycles. The highest BCUT2D eigenvalue weighted by molar-refractivity contribution is 5.91. The highest BCUT2D eigenvalue weighted by Gasteiger charge is 2.20. The highest BCUT2D eigenvalue weighted by atomic mass is 16.7. The summed E-state index contributed by atoms with van der Waals surface area (Å²) in [6, 6.07) is 15.5. The minimum absolute atomic E-state index is 0.0494. The molecule has 2 heterocycles. The Morgan fingerprint density at radius 3 is 2.59 bits per heavy atom. The molecule has 9 nitrogen and oxygen atoms in total. The van der Waals surface area contributed by atoms with Crippen molar-refractivity contribution in [3.05, 3.63) is 71.8 Å². The number of carbonyl (C=O) groups is 2. The van der Waals surface area contributed by atoms with Crippen LogP contribution >= 0.6 is 0 Å². The van der Waals surface area contributed by atoms with Crippen LogP contribution in [0.2, 0.25) is 0 Å². The number of unbranched alkanes of at least 4 members (excludes halogenated alkanes) is 2. The number of amides is 2. The van der Waals surface area contributed by atoms with Crippen LogP contribution in [-0.2, 0) is 20.8 Å². The Morgan fingerprint density at radius 1 is 1.05 bits per heavy atom. The second kappa shape index (κ2) is 13.1. The third-order valence-electron chi connectivity index (χ3n) is 7.02. The van der Waals surface area contributed by atoms with Crippen LogP contribution in [0, 0.1) is 6.92 Å². The first kappa shape index (κ1) is 27.9. The summed E-state index contributed by atoms with van der Waals surface area (Å²) in [5.41, 5.74) is 4.81. The molecule has 0 aliphatic rings. The maximum absolute atomic E-state index is 13.3. The number of aromatic amines is 2. The molecule has 4 rings (SSSR count). The molecule has 0 spiro atoms. The Balaban J connectivity index is 1.46. The van der Waals surface area contributed by atoms with Gasteiger partial charge in [-0.2, -0.15) is 0 Å². The van der Waals surface area contributed by atoms with E-state index in [4.69, 9.17) is 9.57 Å². The zero-order valence-corrected chi connectivity index (χ0v) is 23.0. The molecule has 0 aliphatic heterocycles. The second-order valence-corrected chi connectivity index (χ2v) is 9.66. The van der Waals surface area contributed by atoms with Crippen molar-refractivity contribution in [2.75, 3.05) is 21.3 Å². The number of imidazole rings is 1. The first-order valence-electron chi connectivity index (χ1n) is 13.2. The maximum Gasteiger partial charge on any atom is 0.245 e. The number of ether oxygens (including phenoxy) is 1. The molecule has 0 fully saturated rings. The molecule has 1 unspecified atom stereocenters. The number of methoxy groups -OCH3 is 1. The summed E-state index contributed by atoms with van der Waals surface area (Å²) < 4.78 is 5.39. The lowest BCUT2D eigenvalue weighted by Gasteiger charge is -2.17. The molecule has 0 aliphatic carbocycles. The fraction of sp³-hybridized carbons (Fsp3) is 0.367. The monoisotopic (exact) mass is 531 g/mol. The fourth-order valence-corrected chi connectivity index (χ4v) is 4.74. The van der Waals surface area contributed by atoms with Gasteiger partial charge in [-0.1, -0.05) is 43.2 Å². The number of nitrogens with one attached hydrogen (secondary N) is 3. The fourth-order valence-electron chi connectivity index (χ4n) is 4.74. The van der Waals surface area contributed by atoms with Crippen molar-refractivity contribution in [2.45, 2.75) is 51.5 Å². The van der Waals surface area contributed by atoms with E-state index in [1.165, 1.54) is 12.2 Å². The molecular formula is C30H37N5O4. The van der Waals surface area contributed by atoms with Crippen molar-refractivity contribution in [1.29, 1.82) is 0 Å². The van der Waals surface area contributed by atoms with Crippen LogP contribution in [0.4, 0.5) is 0 Å². The number of aryl methyl sites for hydroxylation is 1. The van der Waals surface area contributed by atoms with Gasteiger partial charge in [0.1, 0.15) is 11.6 Å². The number of H-pyrrole nitrogens is 2. The summed E-state index contributed by atoms with van der Waals surface area (Å²) in [6.45, 7) is 1.98. The number of fused-ring (bicyclic) bond motifs is 1. The minimum atomic E-state index is -0.285. The van der Waals surface area contributed by atoms with Crippen LogP contribution in [0.15, 0.2) is 54.7 Å². The second-order valence-electron chi connectivity index (χ2n) is 9.66. The van der Waals surface area contributed by atoms with Crippen molar-refractivity contribution < 1.29 is 19.2 Å². The van der Waals surface area contributed by atoms with E-state index in [0.717, 1.165) is 64.3 Å². The SMILES string of the molecule is COc1ccc2[nH]c(C)c(CC(=O)NC(CCCCCC(=O)N(C)OC)c3ncc(-c4ccccc4)[nH]3)c2c1. The van der Waals surface area contributed by atoms with Gasteiger partial charge in [0.15, 0.2) is 0 Å². The van der Waals surface area contributed by atoms with Crippen LogP contribution in [0.1, 0.15) is 55.2 Å². The van der Waals surface area contributed by atoms with Gasteiger partial charge < -0.3 is 20.0 Å². The Morgan fingerprint density at radius 2 is 1.85 bits per heavy atom. The van der Waals surface area contributed by atoms with E-state index in [9.17, 15) is 9.59 Å². The van der Waals surface area contributed by atoms with Crippen molar-refractivity contribution >= 4 is 22.7 Å². The molecule has 2 amide bonds. The van der Waals surface area contributed by atoms with E-state index in [2.05, 4.69) is 20.3 Å². The summed E-state index contributed by atoms with van der Waals surface area (Å²) >= 11 is 0. The molecule has 39 heavy (non-hydrogen) atoms. The summed E-state index contributed by atoms with van der Waals surface area (Å²) in [4.78, 5) is 41.7. The molecular weight excluding hydrogens is 494 g/mol. The van der Waals surface area contributed by atoms with Crippen LogP contribution in [0.5, 0.6) is 5.75 Å². The van der Waals surface area contributed by atoms with E-state index in [1.54, 1.807) is 20.4 Å². The summed E-state index contributed by atoms with van der Waals surface area (Å²) in [7, 11) is 4.73. The van der Waals surface area contributed by atoms with Crippen molar-refractivity contribution in [2.24, 2.45) is 0 Å². The zero-order chi connectivity index (χ0) is 27.8. The summed E-state index contributed by atoms with van der Waals surface area (Å²) in [6.07, 6.45) is 5.59. The molecule has 206 valence electrons. The average Bonchev–Trinajstić information content (AvgIpc) is 3.56. The standard InChI is InChI=1S/C30H37N5O4/c1-20-23(24-17-22(38-3)15-16-25(24)32-20)18-28(36)33-26(13-9-6-10-14-29(37)35(2)39-4)30-31-19-27(34-30)21-11-7-5-8-12-21/h5,7-8,11-12,15-17,19,26,32H,6,9-10,13-14,18H2,1-4H3,(H,31,34)(H,33,36). The van der Waals surface area contributed by atoms with Gasteiger partial charge in [0.2, 0.25) is 11.8 Å². The van der Waals surface area contributed by atoms with E-state index >= 15 is 0 Å². The smallest absolute Gasteiger partial charge is 0.245 e. The first-order chi connectivity index (χ1) is 18.9. The maximum atomic E-state index is 13.3. The third kappa shape index (κ3) is 7.06. The van der Waals surface area contributed by atoms with Crippen LogP contribution < -0.4 is 10.1 Å². The molecule has 0 radical (unpaired) electrons. The van der Waals surface area contributed by atoms with Gasteiger partial charge in [-0.25, -0.2) is 10.0 Å². The van der Waals surface area contributed by atoms with E-state index in [0.29, 0.717) is 12.8 Å². The predicted molar refractivity (Wildman–Crippen MR) is 151 cm³/mol. The van der Waals surface area contributed by atoms with Gasteiger partial charge in [0, 0.05) is 30.1 Å². The van der Waals surface area contributed by atoms with E-state index < -0.39 is 0 Å². The number of benzene rings is 2. The van der Waals surface area contributed by atoms with Gasteiger partial charge in [-0.15, -0.1) is 0 Å². The van der Waals surface area contributed by atoms with Crippen molar-refractivity contribution in [3.8, 4) is 17.0 Å². The molecule has 2 aromatic carbocycles. The molecule has 0 saturated carbocycles. The normalized spacial score (nSPS) is 11.9. The number of hydrogen-bond donors (Lipinski definition) is 3. The number of carbonyl (C=O) groups excluding carboxylic acids is 2. The van der Waals surface area contributed by atoms with Crippen LogP contribution in [0.25, 0.3) is 22.2 Å². The van der Waals surface area contributed by atoms with Gasteiger partial charge in [-0.05, 0) is 49.1 Å². The lowest BCUT2D eigenvalue weighted by atomic mass is 10.0. The van der Waals surface area contributed by atoms with Crippen LogP contribution in [-0.4, -0.2) is 53.1 Å². The van der Waals surface area contributed by atoms with Crippen LogP contribution in [0.3, 0.4) is 0 Å². The van der Waals surface area contributed by atoms with Gasteiger partial charge in [0.05, 0.1) is 38.6 Å². The molecule has 3 N–H and O–H groups in total. The largest absolute Gasteiger partial charge is 0.497 e. The Labute approximate surface area is 228 Å². The quantitative estimate of drug-likeness (QED) is 0.161. The first-order valence-corrected chi connectivity index (χ1v) is 13.2. The number of rotatable bonds is 13. The Kier molecular flexibility index (Phi) is 9.38. The lowest BCUT2D eigenvalue weighted by molar-refractivity contribution is -0.168. The van der Waals surface area contributed by atoms with Crippen molar-refractivity contribution in [1.82, 2.24) is 25.3 Å². The highest BCUT2D eigenvalue weighted by Crippen LogP contribution is 2.28.